The third kappa shape index (κ3) is 4.25. The number of benzene rings is 1. The van der Waals surface area contributed by atoms with E-state index in [1.165, 1.54) is 19.3 Å². The van der Waals surface area contributed by atoms with Crippen LogP contribution in [0.3, 0.4) is 0 Å². The predicted octanol–water partition coefficient (Wildman–Crippen LogP) is 2.49. The van der Waals surface area contributed by atoms with Crippen LogP contribution in [0, 0.1) is 12.8 Å². The molecule has 1 aromatic carbocycles. The summed E-state index contributed by atoms with van der Waals surface area (Å²) in [4.78, 5) is 0.558. The SMILES string of the molecule is Cc1cc(S(=O)(=O)NCC2CCCCC2)ccc1C(N)=S. The van der Waals surface area contributed by atoms with Crippen LogP contribution in [0.25, 0.3) is 0 Å². The number of nitrogens with two attached hydrogens (primary N) is 1. The summed E-state index contributed by atoms with van der Waals surface area (Å²) in [6, 6.07) is 4.86. The third-order valence-corrected chi connectivity index (χ3v) is 5.70. The van der Waals surface area contributed by atoms with Gasteiger partial charge in [0.1, 0.15) is 4.99 Å². The maximum absolute atomic E-state index is 12.3. The van der Waals surface area contributed by atoms with Crippen molar-refractivity contribution in [2.45, 2.75) is 43.9 Å². The first-order chi connectivity index (χ1) is 9.90. The lowest BCUT2D eigenvalue weighted by Gasteiger charge is -2.21. The van der Waals surface area contributed by atoms with Crippen molar-refractivity contribution in [1.29, 1.82) is 0 Å². The Morgan fingerprint density at radius 2 is 2.00 bits per heavy atom. The summed E-state index contributed by atoms with van der Waals surface area (Å²) in [6.07, 6.45) is 5.90. The summed E-state index contributed by atoms with van der Waals surface area (Å²) >= 11 is 4.94. The first-order valence-electron chi connectivity index (χ1n) is 7.30. The molecule has 0 atom stereocenters. The second-order valence-corrected chi connectivity index (χ2v) is 7.90. The standard InChI is InChI=1S/C15H22N2O2S2/c1-11-9-13(7-8-14(11)15(16)20)21(18,19)17-10-12-5-3-2-4-6-12/h7-9,12,17H,2-6,10H2,1H3,(H2,16,20). The van der Waals surface area contributed by atoms with Gasteiger partial charge in [0.15, 0.2) is 0 Å². The minimum absolute atomic E-state index is 0.274. The zero-order valence-corrected chi connectivity index (χ0v) is 13.9. The zero-order valence-electron chi connectivity index (χ0n) is 12.3. The lowest BCUT2D eigenvalue weighted by molar-refractivity contribution is 0.357. The molecule has 0 bridgehead atoms. The molecule has 0 heterocycles. The summed E-state index contributed by atoms with van der Waals surface area (Å²) in [7, 11) is -3.46. The van der Waals surface area contributed by atoms with Crippen LogP contribution < -0.4 is 10.5 Å². The molecule has 4 nitrogen and oxygen atoms in total. The molecule has 0 spiro atoms. The number of hydrogen-bond donors (Lipinski definition) is 2. The molecule has 0 saturated heterocycles. The molecule has 0 radical (unpaired) electrons. The van der Waals surface area contributed by atoms with E-state index in [-0.39, 0.29) is 9.88 Å². The predicted molar refractivity (Wildman–Crippen MR) is 88.8 cm³/mol. The van der Waals surface area contributed by atoms with Crippen LogP contribution in [0.4, 0.5) is 0 Å². The summed E-state index contributed by atoms with van der Waals surface area (Å²) in [5.74, 6) is 0.463. The van der Waals surface area contributed by atoms with Gasteiger partial charge in [0.2, 0.25) is 10.0 Å². The molecular weight excluding hydrogens is 304 g/mol. The molecule has 3 N–H and O–H groups in total. The van der Waals surface area contributed by atoms with E-state index in [0.29, 0.717) is 12.5 Å². The van der Waals surface area contributed by atoms with Crippen LogP contribution in [-0.4, -0.2) is 20.0 Å². The second kappa shape index (κ2) is 6.85. The number of sulfonamides is 1. The second-order valence-electron chi connectivity index (χ2n) is 5.70. The molecule has 116 valence electrons. The van der Waals surface area contributed by atoms with E-state index in [2.05, 4.69) is 4.72 Å². The summed E-state index contributed by atoms with van der Waals surface area (Å²) in [5, 5.41) is 0. The maximum Gasteiger partial charge on any atom is 0.240 e. The van der Waals surface area contributed by atoms with Gasteiger partial charge in [-0.15, -0.1) is 0 Å². The minimum atomic E-state index is -3.46. The number of hydrogen-bond acceptors (Lipinski definition) is 3. The monoisotopic (exact) mass is 326 g/mol. The Morgan fingerprint density at radius 3 is 2.57 bits per heavy atom. The van der Waals surface area contributed by atoms with Crippen LogP contribution >= 0.6 is 12.2 Å². The Hall–Kier alpha value is -0.980. The lowest BCUT2D eigenvalue weighted by atomic mass is 9.90. The Bertz CT molecular complexity index is 621. The first-order valence-corrected chi connectivity index (χ1v) is 9.19. The fourth-order valence-corrected chi connectivity index (χ4v) is 4.21. The largest absolute Gasteiger partial charge is 0.389 e. The molecule has 1 aliphatic carbocycles. The van der Waals surface area contributed by atoms with Crippen LogP contribution in [0.15, 0.2) is 23.1 Å². The van der Waals surface area contributed by atoms with Crippen molar-refractivity contribution in [3.8, 4) is 0 Å². The fraction of sp³-hybridized carbons (Fsp3) is 0.533. The maximum atomic E-state index is 12.3. The van der Waals surface area contributed by atoms with Gasteiger partial charge in [-0.2, -0.15) is 0 Å². The van der Waals surface area contributed by atoms with E-state index < -0.39 is 10.0 Å². The van der Waals surface area contributed by atoms with Gasteiger partial charge in [0, 0.05) is 12.1 Å². The van der Waals surface area contributed by atoms with E-state index in [9.17, 15) is 8.42 Å². The van der Waals surface area contributed by atoms with E-state index in [1.807, 2.05) is 6.92 Å². The molecule has 1 saturated carbocycles. The molecule has 6 heteroatoms. The van der Waals surface area contributed by atoms with Gasteiger partial charge in [-0.1, -0.05) is 37.5 Å². The van der Waals surface area contributed by atoms with Crippen molar-refractivity contribution < 1.29 is 8.42 Å². The first kappa shape index (κ1) is 16.4. The topological polar surface area (TPSA) is 72.2 Å². The Balaban J connectivity index is 2.08. The Labute approximate surface area is 132 Å². The average Bonchev–Trinajstić information content (AvgIpc) is 2.46. The number of thiocarbonyl (C=S) groups is 1. The van der Waals surface area contributed by atoms with Crippen molar-refractivity contribution in [1.82, 2.24) is 4.72 Å². The van der Waals surface area contributed by atoms with Gasteiger partial charge >= 0.3 is 0 Å². The highest BCUT2D eigenvalue weighted by atomic mass is 32.2. The van der Waals surface area contributed by atoms with Gasteiger partial charge in [0.05, 0.1) is 4.90 Å². The van der Waals surface area contributed by atoms with E-state index in [4.69, 9.17) is 18.0 Å². The number of aryl methyl sites for hydroxylation is 1. The van der Waals surface area contributed by atoms with E-state index in [0.717, 1.165) is 24.0 Å². The normalized spacial score (nSPS) is 16.8. The van der Waals surface area contributed by atoms with Crippen LogP contribution in [0.5, 0.6) is 0 Å². The Morgan fingerprint density at radius 1 is 1.33 bits per heavy atom. The summed E-state index contributed by atoms with van der Waals surface area (Å²) in [6.45, 7) is 2.34. The van der Waals surface area contributed by atoms with Crippen LogP contribution in [-0.2, 0) is 10.0 Å². The van der Waals surface area contributed by atoms with Gasteiger partial charge in [-0.25, -0.2) is 13.1 Å². The third-order valence-electron chi connectivity index (χ3n) is 4.06. The molecule has 0 aliphatic heterocycles. The lowest BCUT2D eigenvalue weighted by Crippen LogP contribution is -2.30. The van der Waals surface area contributed by atoms with Gasteiger partial charge in [0.25, 0.3) is 0 Å². The van der Waals surface area contributed by atoms with Gasteiger partial charge < -0.3 is 5.73 Å². The molecule has 2 rings (SSSR count). The molecule has 1 aliphatic rings. The van der Waals surface area contributed by atoms with Crippen molar-refractivity contribution in [2.75, 3.05) is 6.54 Å². The quantitative estimate of drug-likeness (QED) is 0.816. The average molecular weight is 326 g/mol. The van der Waals surface area contributed by atoms with Crippen molar-refractivity contribution in [3.05, 3.63) is 29.3 Å². The highest BCUT2D eigenvalue weighted by molar-refractivity contribution is 7.89. The highest BCUT2D eigenvalue weighted by Gasteiger charge is 2.19. The summed E-state index contributed by atoms with van der Waals surface area (Å²) in [5.41, 5.74) is 7.10. The van der Waals surface area contributed by atoms with Gasteiger partial charge in [-0.05, 0) is 43.4 Å². The molecule has 0 unspecified atom stereocenters. The molecule has 1 aromatic rings. The molecule has 0 aromatic heterocycles. The van der Waals surface area contributed by atoms with Crippen molar-refractivity contribution in [3.63, 3.8) is 0 Å². The van der Waals surface area contributed by atoms with Gasteiger partial charge in [-0.3, -0.25) is 0 Å². The van der Waals surface area contributed by atoms with Crippen LogP contribution in [0.2, 0.25) is 0 Å². The van der Waals surface area contributed by atoms with E-state index >= 15 is 0 Å². The molecular formula is C15H22N2O2S2. The van der Waals surface area contributed by atoms with Crippen molar-refractivity contribution in [2.24, 2.45) is 11.7 Å². The smallest absolute Gasteiger partial charge is 0.240 e. The summed E-state index contributed by atoms with van der Waals surface area (Å²) < 4.78 is 27.4. The van der Waals surface area contributed by atoms with Crippen molar-refractivity contribution >= 4 is 27.2 Å². The molecule has 1 fully saturated rings. The highest BCUT2D eigenvalue weighted by Crippen LogP contribution is 2.23. The van der Waals surface area contributed by atoms with E-state index in [1.54, 1.807) is 18.2 Å². The van der Waals surface area contributed by atoms with Crippen LogP contribution in [0.1, 0.15) is 43.2 Å². The molecule has 21 heavy (non-hydrogen) atoms. The number of nitrogens with one attached hydrogen (secondary N) is 1. The number of rotatable bonds is 5. The minimum Gasteiger partial charge on any atom is -0.389 e. The molecule has 0 amide bonds. The fourth-order valence-electron chi connectivity index (χ4n) is 2.78. The Kier molecular flexibility index (Phi) is 5.35. The zero-order chi connectivity index (χ0) is 15.5.